The maximum Gasteiger partial charge on any atom is 0.320 e. The summed E-state index contributed by atoms with van der Waals surface area (Å²) in [6.07, 6.45) is 1.91. The van der Waals surface area contributed by atoms with Gasteiger partial charge in [0.15, 0.2) is 0 Å². The maximum atomic E-state index is 10.1. The van der Waals surface area contributed by atoms with Crippen LogP contribution in [0.15, 0.2) is 0 Å². The van der Waals surface area contributed by atoms with Gasteiger partial charge in [0.1, 0.15) is 12.1 Å². The summed E-state index contributed by atoms with van der Waals surface area (Å²) >= 11 is 0. The predicted molar refractivity (Wildman–Crippen MR) is 62.7 cm³/mol. The molecule has 0 spiro atoms. The number of carboxylic acids is 2. The first-order chi connectivity index (χ1) is 8.34. The summed E-state index contributed by atoms with van der Waals surface area (Å²) in [5, 5.41) is 19.4. The zero-order valence-corrected chi connectivity index (χ0v) is 9.96. The summed E-state index contributed by atoms with van der Waals surface area (Å²) < 4.78 is 0. The van der Waals surface area contributed by atoms with Gasteiger partial charge in [-0.3, -0.25) is 14.4 Å². The van der Waals surface area contributed by atoms with Gasteiger partial charge in [0, 0.05) is 6.42 Å². The van der Waals surface area contributed by atoms with E-state index in [0.29, 0.717) is 0 Å². The second kappa shape index (κ2) is 8.43. The fourth-order valence-corrected chi connectivity index (χ4v) is 1.32. The summed E-state index contributed by atoms with van der Waals surface area (Å²) in [5.74, 6) is -2.36. The van der Waals surface area contributed by atoms with Crippen molar-refractivity contribution in [1.29, 1.82) is 0 Å². The van der Waals surface area contributed by atoms with Crippen molar-refractivity contribution in [2.75, 3.05) is 6.54 Å². The molecule has 0 aromatic carbocycles. The van der Waals surface area contributed by atoms with Gasteiger partial charge in [-0.05, 0) is 25.8 Å². The van der Waals surface area contributed by atoms with Crippen LogP contribution in [-0.4, -0.2) is 46.7 Å². The van der Waals surface area contributed by atoms with Crippen molar-refractivity contribution in [3.05, 3.63) is 0 Å². The number of rotatable bonds is 5. The third-order valence-corrected chi connectivity index (χ3v) is 2.38. The van der Waals surface area contributed by atoms with Gasteiger partial charge in [-0.25, -0.2) is 0 Å². The Morgan fingerprint density at radius 2 is 1.94 bits per heavy atom. The Balaban J connectivity index is 0.000000327. The Bertz CT molecular complexity index is 302. The second-order valence-electron chi connectivity index (χ2n) is 3.94. The van der Waals surface area contributed by atoms with Gasteiger partial charge < -0.3 is 27.0 Å². The van der Waals surface area contributed by atoms with E-state index >= 15 is 0 Å². The minimum atomic E-state index is -1.11. The molecular formula is C10H19N3O5. The lowest BCUT2D eigenvalue weighted by molar-refractivity contribution is -0.139. The first-order valence-corrected chi connectivity index (χ1v) is 5.57. The van der Waals surface area contributed by atoms with Crippen LogP contribution in [0.3, 0.4) is 0 Å². The average Bonchev–Trinajstić information content (AvgIpc) is 2.79. The smallest absolute Gasteiger partial charge is 0.320 e. The molecule has 0 saturated carbocycles. The molecule has 1 aliphatic rings. The van der Waals surface area contributed by atoms with E-state index in [-0.39, 0.29) is 18.9 Å². The van der Waals surface area contributed by atoms with Crippen LogP contribution in [0.25, 0.3) is 0 Å². The van der Waals surface area contributed by atoms with Crippen molar-refractivity contribution in [2.24, 2.45) is 11.5 Å². The molecule has 2 atom stereocenters. The highest BCUT2D eigenvalue weighted by Gasteiger charge is 2.20. The summed E-state index contributed by atoms with van der Waals surface area (Å²) in [6, 6.07) is -1.25. The van der Waals surface area contributed by atoms with Crippen LogP contribution in [0.1, 0.15) is 25.7 Å². The molecule has 0 aromatic rings. The molecule has 8 heteroatoms. The van der Waals surface area contributed by atoms with E-state index < -0.39 is 23.9 Å². The van der Waals surface area contributed by atoms with Gasteiger partial charge in [-0.1, -0.05) is 0 Å². The second-order valence-corrected chi connectivity index (χ2v) is 3.94. The van der Waals surface area contributed by atoms with Crippen molar-refractivity contribution in [3.8, 4) is 0 Å². The highest BCUT2D eigenvalue weighted by molar-refractivity contribution is 5.77. The number of hydrogen-bond acceptors (Lipinski definition) is 5. The van der Waals surface area contributed by atoms with Crippen LogP contribution in [0.5, 0.6) is 0 Å². The predicted octanol–water partition coefficient (Wildman–Crippen LogP) is -1.51. The molecule has 7 N–H and O–H groups in total. The number of amides is 1. The van der Waals surface area contributed by atoms with E-state index in [4.69, 9.17) is 21.7 Å². The first-order valence-electron chi connectivity index (χ1n) is 5.57. The monoisotopic (exact) mass is 261 g/mol. The molecule has 1 amide bonds. The summed E-state index contributed by atoms with van der Waals surface area (Å²) in [4.78, 5) is 30.3. The van der Waals surface area contributed by atoms with Gasteiger partial charge in [0.05, 0.1) is 0 Å². The molecule has 1 aliphatic heterocycles. The van der Waals surface area contributed by atoms with Gasteiger partial charge >= 0.3 is 11.9 Å². The fraction of sp³-hybridized carbons (Fsp3) is 0.700. The van der Waals surface area contributed by atoms with Crippen molar-refractivity contribution >= 4 is 17.8 Å². The third-order valence-electron chi connectivity index (χ3n) is 2.38. The molecule has 1 fully saturated rings. The van der Waals surface area contributed by atoms with Crippen LogP contribution in [-0.2, 0) is 14.4 Å². The van der Waals surface area contributed by atoms with Crippen molar-refractivity contribution in [2.45, 2.75) is 37.8 Å². The minimum absolute atomic E-state index is 0.0213. The number of hydrogen-bond donors (Lipinski definition) is 5. The molecule has 1 heterocycles. The molecule has 104 valence electrons. The first kappa shape index (κ1) is 16.3. The van der Waals surface area contributed by atoms with Gasteiger partial charge in [-0.15, -0.1) is 0 Å². The number of nitrogens with two attached hydrogens (primary N) is 2. The fourth-order valence-electron chi connectivity index (χ4n) is 1.32. The molecular weight excluding hydrogens is 242 g/mol. The number of carbonyl (C=O) groups is 3. The number of carboxylic acid groups (broad SMARTS) is 2. The number of carbonyl (C=O) groups excluding carboxylic acids is 1. The lowest BCUT2D eigenvalue weighted by Crippen LogP contribution is -2.31. The third kappa shape index (κ3) is 7.58. The zero-order chi connectivity index (χ0) is 14.1. The van der Waals surface area contributed by atoms with Crippen molar-refractivity contribution < 1.29 is 24.6 Å². The lowest BCUT2D eigenvalue weighted by atomic mass is 10.2. The maximum absolute atomic E-state index is 10.1. The summed E-state index contributed by atoms with van der Waals surface area (Å²) in [6.45, 7) is 0.858. The quantitative estimate of drug-likeness (QED) is 0.402. The highest BCUT2D eigenvalue weighted by atomic mass is 16.4. The molecule has 0 aliphatic carbocycles. The van der Waals surface area contributed by atoms with E-state index in [1.165, 1.54) is 0 Å². The molecule has 0 bridgehead atoms. The molecule has 1 rings (SSSR count). The highest BCUT2D eigenvalue weighted by Crippen LogP contribution is 2.03. The Morgan fingerprint density at radius 1 is 1.33 bits per heavy atom. The van der Waals surface area contributed by atoms with E-state index in [9.17, 15) is 14.4 Å². The van der Waals surface area contributed by atoms with E-state index in [1.54, 1.807) is 0 Å². The Morgan fingerprint density at radius 3 is 2.22 bits per heavy atom. The normalized spacial score (nSPS) is 19.5. The van der Waals surface area contributed by atoms with Crippen molar-refractivity contribution in [1.82, 2.24) is 5.32 Å². The SMILES string of the molecule is NC(=O)CCC(N)C(=O)O.O=C(O)[C@@H]1CCCN1. The van der Waals surface area contributed by atoms with Crippen LogP contribution >= 0.6 is 0 Å². The molecule has 1 saturated heterocycles. The topological polar surface area (TPSA) is 156 Å². The zero-order valence-electron chi connectivity index (χ0n) is 9.96. The largest absolute Gasteiger partial charge is 0.480 e. The standard InChI is InChI=1S/C5H10N2O3.C5H9NO2/c6-3(5(9)10)1-2-4(7)8;7-5(8)4-2-1-3-6-4/h3H,1-2,6H2,(H2,7,8)(H,9,10);4,6H,1-3H2,(H,7,8)/t;4-/m.0/s1. The number of aliphatic carboxylic acids is 2. The van der Waals surface area contributed by atoms with Gasteiger partial charge in [-0.2, -0.15) is 0 Å². The van der Waals surface area contributed by atoms with E-state index in [2.05, 4.69) is 5.32 Å². The van der Waals surface area contributed by atoms with Crippen LogP contribution in [0.2, 0.25) is 0 Å². The average molecular weight is 261 g/mol. The number of primary amides is 1. The Hall–Kier alpha value is -1.67. The van der Waals surface area contributed by atoms with E-state index in [1.807, 2.05) is 0 Å². The Labute approximate surface area is 104 Å². The summed E-state index contributed by atoms with van der Waals surface area (Å²) in [7, 11) is 0. The minimum Gasteiger partial charge on any atom is -0.480 e. The number of nitrogens with one attached hydrogen (secondary N) is 1. The van der Waals surface area contributed by atoms with Gasteiger partial charge in [0.25, 0.3) is 0 Å². The molecule has 18 heavy (non-hydrogen) atoms. The van der Waals surface area contributed by atoms with Crippen LogP contribution in [0.4, 0.5) is 0 Å². The molecule has 8 nitrogen and oxygen atoms in total. The van der Waals surface area contributed by atoms with Crippen LogP contribution in [0, 0.1) is 0 Å². The summed E-state index contributed by atoms with van der Waals surface area (Å²) in [5.41, 5.74) is 9.81. The molecule has 0 aromatic heterocycles. The molecule has 0 radical (unpaired) electrons. The Kier molecular flexibility index (Phi) is 7.64. The van der Waals surface area contributed by atoms with Crippen molar-refractivity contribution in [3.63, 3.8) is 0 Å². The van der Waals surface area contributed by atoms with Gasteiger partial charge in [0.2, 0.25) is 5.91 Å². The molecule has 1 unspecified atom stereocenters. The van der Waals surface area contributed by atoms with E-state index in [0.717, 1.165) is 19.4 Å². The lowest BCUT2D eigenvalue weighted by Gasteiger charge is -2.01. The van der Waals surface area contributed by atoms with Crippen LogP contribution < -0.4 is 16.8 Å².